The van der Waals surface area contributed by atoms with E-state index in [9.17, 15) is 10.1 Å². The van der Waals surface area contributed by atoms with E-state index in [1.165, 1.54) is 11.6 Å². The quantitative estimate of drug-likeness (QED) is 0.437. The van der Waals surface area contributed by atoms with E-state index in [1.807, 2.05) is 18.2 Å². The summed E-state index contributed by atoms with van der Waals surface area (Å²) in [6.45, 7) is 0. The number of ether oxygens (including phenoxy) is 1. The van der Waals surface area contributed by atoms with Crippen molar-refractivity contribution in [2.75, 3.05) is 12.4 Å². The molecule has 1 aliphatic carbocycles. The maximum atomic E-state index is 11.3. The molecule has 3 atom stereocenters. The summed E-state index contributed by atoms with van der Waals surface area (Å²) >= 11 is 3.65. The molecule has 0 saturated carbocycles. The summed E-state index contributed by atoms with van der Waals surface area (Å²) in [6, 6.07) is 11.5. The molecule has 1 N–H and O–H groups in total. The Bertz CT molecular complexity index is 881. The molecule has 4 rings (SSSR count). The molecule has 2 aliphatic rings. The number of benzene rings is 2. The molecule has 128 valence electrons. The molecule has 0 saturated heterocycles. The summed E-state index contributed by atoms with van der Waals surface area (Å²) in [7, 11) is 1.55. The number of anilines is 1. The van der Waals surface area contributed by atoms with Gasteiger partial charge in [-0.3, -0.25) is 10.1 Å². The van der Waals surface area contributed by atoms with Crippen molar-refractivity contribution >= 4 is 27.3 Å². The Kier molecular flexibility index (Phi) is 4.00. The number of nitro benzene ring substituents is 1. The second kappa shape index (κ2) is 6.19. The number of hydrogen-bond donors (Lipinski definition) is 1. The van der Waals surface area contributed by atoms with Gasteiger partial charge in [0.25, 0.3) is 5.69 Å². The molecule has 0 unspecified atom stereocenters. The molecule has 0 bridgehead atoms. The van der Waals surface area contributed by atoms with E-state index in [0.29, 0.717) is 11.7 Å². The van der Waals surface area contributed by atoms with Gasteiger partial charge in [-0.15, -0.1) is 0 Å². The van der Waals surface area contributed by atoms with Gasteiger partial charge < -0.3 is 10.1 Å². The van der Waals surface area contributed by atoms with Crippen LogP contribution in [0.15, 0.2) is 53.0 Å². The number of fused-ring (bicyclic) bond motifs is 3. The molecule has 25 heavy (non-hydrogen) atoms. The second-order valence-electron chi connectivity index (χ2n) is 6.37. The maximum Gasteiger partial charge on any atom is 0.273 e. The lowest BCUT2D eigenvalue weighted by Crippen LogP contribution is -2.29. The number of halogens is 1. The van der Waals surface area contributed by atoms with Gasteiger partial charge >= 0.3 is 0 Å². The van der Waals surface area contributed by atoms with Crippen LogP contribution in [0.1, 0.15) is 29.5 Å². The minimum atomic E-state index is -0.365. The Balaban J connectivity index is 1.87. The van der Waals surface area contributed by atoms with Gasteiger partial charge in [-0.1, -0.05) is 46.3 Å². The van der Waals surface area contributed by atoms with Crippen molar-refractivity contribution in [1.29, 1.82) is 0 Å². The van der Waals surface area contributed by atoms with Crippen LogP contribution in [-0.4, -0.2) is 12.0 Å². The Labute approximate surface area is 154 Å². The number of non-ortho nitro benzene ring substituents is 1. The molecule has 1 aliphatic heterocycles. The van der Waals surface area contributed by atoms with E-state index in [0.717, 1.165) is 22.1 Å². The largest absolute Gasteiger partial charge is 0.494 e. The molecule has 0 aromatic heterocycles. The van der Waals surface area contributed by atoms with Crippen molar-refractivity contribution in [3.63, 3.8) is 0 Å². The fourth-order valence-corrected chi connectivity index (χ4v) is 4.48. The highest BCUT2D eigenvalue weighted by molar-refractivity contribution is 9.10. The topological polar surface area (TPSA) is 64.4 Å². The first-order valence-electron chi connectivity index (χ1n) is 8.14. The number of rotatable bonds is 3. The fraction of sp³-hybridized carbons (Fsp3) is 0.263. The highest BCUT2D eigenvalue weighted by Gasteiger charge is 2.40. The molecule has 1 heterocycles. The molecule has 2 aromatic carbocycles. The van der Waals surface area contributed by atoms with Gasteiger partial charge in [-0.2, -0.15) is 0 Å². The minimum Gasteiger partial charge on any atom is -0.494 e. The molecular formula is C19H17BrN2O3. The van der Waals surface area contributed by atoms with Gasteiger partial charge in [0.15, 0.2) is 0 Å². The summed E-state index contributed by atoms with van der Waals surface area (Å²) in [4.78, 5) is 10.9. The van der Waals surface area contributed by atoms with Crippen molar-refractivity contribution in [2.45, 2.75) is 18.4 Å². The fourth-order valence-electron chi connectivity index (χ4n) is 3.95. The molecule has 0 radical (unpaired) electrons. The smallest absolute Gasteiger partial charge is 0.273 e. The third-order valence-corrected chi connectivity index (χ3v) is 5.81. The monoisotopic (exact) mass is 400 g/mol. The van der Waals surface area contributed by atoms with Crippen LogP contribution in [0.3, 0.4) is 0 Å². The summed E-state index contributed by atoms with van der Waals surface area (Å²) in [5.74, 6) is 0.972. The molecule has 6 heteroatoms. The van der Waals surface area contributed by atoms with E-state index < -0.39 is 0 Å². The van der Waals surface area contributed by atoms with E-state index >= 15 is 0 Å². The lowest BCUT2D eigenvalue weighted by molar-refractivity contribution is -0.385. The summed E-state index contributed by atoms with van der Waals surface area (Å²) in [6.07, 6.45) is 5.27. The highest BCUT2D eigenvalue weighted by Crippen LogP contribution is 2.53. The first-order valence-corrected chi connectivity index (χ1v) is 8.93. The summed E-state index contributed by atoms with van der Waals surface area (Å²) < 4.78 is 6.52. The van der Waals surface area contributed by atoms with Gasteiger partial charge in [0.2, 0.25) is 0 Å². The number of methoxy groups -OCH3 is 1. The van der Waals surface area contributed by atoms with Gasteiger partial charge in [0.1, 0.15) is 5.75 Å². The SMILES string of the molecule is COc1cc([N+](=O)[O-])cc2c1N[C@H](c1ccccc1Br)[C@H]1CC=C[C@@H]21. The Morgan fingerprint density at radius 2 is 2.08 bits per heavy atom. The standard InChI is InChI=1S/C19H17BrN2O3/c1-25-17-10-11(22(23)24)9-15-12-6-4-7-13(12)18(21-19(15)17)14-5-2-3-8-16(14)20/h2-6,8-10,12-13,18,21H,7H2,1H3/t12-,13+,18+/m1/s1. The maximum absolute atomic E-state index is 11.3. The lowest BCUT2D eigenvalue weighted by Gasteiger charge is -2.38. The van der Waals surface area contributed by atoms with Crippen molar-refractivity contribution in [1.82, 2.24) is 0 Å². The second-order valence-corrected chi connectivity index (χ2v) is 7.22. The van der Waals surface area contributed by atoms with Crippen molar-refractivity contribution in [3.8, 4) is 5.75 Å². The van der Waals surface area contributed by atoms with E-state index in [4.69, 9.17) is 4.74 Å². The first kappa shape index (κ1) is 16.1. The highest BCUT2D eigenvalue weighted by atomic mass is 79.9. The Morgan fingerprint density at radius 1 is 1.28 bits per heavy atom. The van der Waals surface area contributed by atoms with Crippen molar-refractivity contribution in [3.05, 3.63) is 74.3 Å². The molecule has 2 aromatic rings. The van der Waals surface area contributed by atoms with Crippen LogP contribution in [0.4, 0.5) is 11.4 Å². The minimum absolute atomic E-state index is 0.0655. The average molecular weight is 401 g/mol. The van der Waals surface area contributed by atoms with Gasteiger partial charge in [0, 0.05) is 16.5 Å². The number of allylic oxidation sites excluding steroid dienone is 2. The van der Waals surface area contributed by atoms with E-state index in [-0.39, 0.29) is 22.6 Å². The zero-order valence-electron chi connectivity index (χ0n) is 13.6. The molecule has 0 fully saturated rings. The van der Waals surface area contributed by atoms with Crippen LogP contribution >= 0.6 is 15.9 Å². The van der Waals surface area contributed by atoms with Crippen molar-refractivity contribution < 1.29 is 9.66 Å². The normalized spacial score (nSPS) is 23.5. The van der Waals surface area contributed by atoms with Gasteiger partial charge in [0.05, 0.1) is 29.8 Å². The van der Waals surface area contributed by atoms with Crippen LogP contribution in [-0.2, 0) is 0 Å². The molecule has 5 nitrogen and oxygen atoms in total. The van der Waals surface area contributed by atoms with E-state index in [2.05, 4.69) is 39.5 Å². The molecule has 0 spiro atoms. The van der Waals surface area contributed by atoms with Crippen LogP contribution in [0, 0.1) is 16.0 Å². The molecule has 0 amide bonds. The average Bonchev–Trinajstić information content (AvgIpc) is 3.10. The zero-order valence-corrected chi connectivity index (χ0v) is 15.2. The van der Waals surface area contributed by atoms with E-state index in [1.54, 1.807) is 13.2 Å². The van der Waals surface area contributed by atoms with Gasteiger partial charge in [-0.05, 0) is 29.5 Å². The lowest BCUT2D eigenvalue weighted by atomic mass is 9.76. The third-order valence-electron chi connectivity index (χ3n) is 5.09. The Morgan fingerprint density at radius 3 is 2.80 bits per heavy atom. The summed E-state index contributed by atoms with van der Waals surface area (Å²) in [5.41, 5.74) is 3.04. The Hall–Kier alpha value is -2.34. The van der Waals surface area contributed by atoms with Crippen molar-refractivity contribution in [2.24, 2.45) is 5.92 Å². The first-order chi connectivity index (χ1) is 12.1. The van der Waals surface area contributed by atoms with Gasteiger partial charge in [-0.25, -0.2) is 0 Å². The number of nitrogens with zero attached hydrogens (tertiary/aromatic N) is 1. The predicted molar refractivity (Wildman–Crippen MR) is 100 cm³/mol. The van der Waals surface area contributed by atoms with Crippen LogP contribution in [0.2, 0.25) is 0 Å². The molecular weight excluding hydrogens is 384 g/mol. The summed E-state index contributed by atoms with van der Waals surface area (Å²) in [5, 5.41) is 14.9. The van der Waals surface area contributed by atoms with Crippen LogP contribution in [0.25, 0.3) is 0 Å². The third kappa shape index (κ3) is 2.61. The predicted octanol–water partition coefficient (Wildman–Crippen LogP) is 5.19. The zero-order chi connectivity index (χ0) is 17.6. The number of nitrogens with one attached hydrogen (secondary N) is 1. The van der Waals surface area contributed by atoms with Crippen LogP contribution < -0.4 is 10.1 Å². The number of hydrogen-bond acceptors (Lipinski definition) is 4. The van der Waals surface area contributed by atoms with Crippen LogP contribution in [0.5, 0.6) is 5.75 Å². The number of nitro groups is 1.